The Kier molecular flexibility index (Phi) is 7.20. The van der Waals surface area contributed by atoms with E-state index < -0.39 is 20.5 Å². The number of hydroxylamine groups is 1. The number of thiophene rings is 1. The Morgan fingerprint density at radius 1 is 1.26 bits per heavy atom. The standard InChI is InChI=1S/C22H28N2O5S2/c1-22(21(25)23-26,31(3,27)28)11-14-24-12-8-17(9-13-24)16-4-6-18(7-5-16)20-19(29-2)10-15-30-20/h4-8,10,15,26H,9,11-14H2,1-3H3,(H,23,25). The number of hydrogen-bond acceptors (Lipinski definition) is 7. The van der Waals surface area contributed by atoms with Crippen molar-refractivity contribution >= 4 is 32.7 Å². The van der Waals surface area contributed by atoms with Crippen LogP contribution in [-0.2, 0) is 14.6 Å². The summed E-state index contributed by atoms with van der Waals surface area (Å²) in [4.78, 5) is 15.2. The molecule has 1 aliphatic rings. The third kappa shape index (κ3) is 5.01. The van der Waals surface area contributed by atoms with Crippen molar-refractivity contribution < 1.29 is 23.2 Å². The first-order chi connectivity index (χ1) is 14.7. The minimum Gasteiger partial charge on any atom is -0.495 e. The number of nitrogens with zero attached hydrogens (tertiary/aromatic N) is 1. The molecule has 0 fully saturated rings. The molecule has 2 heterocycles. The van der Waals surface area contributed by atoms with Gasteiger partial charge in [-0.3, -0.25) is 14.9 Å². The van der Waals surface area contributed by atoms with E-state index in [0.717, 1.165) is 35.4 Å². The van der Waals surface area contributed by atoms with E-state index in [0.29, 0.717) is 13.1 Å². The molecule has 3 rings (SSSR count). The molecule has 0 radical (unpaired) electrons. The minimum absolute atomic E-state index is 0.110. The van der Waals surface area contributed by atoms with E-state index in [4.69, 9.17) is 9.94 Å². The van der Waals surface area contributed by atoms with Gasteiger partial charge in [-0.15, -0.1) is 11.3 Å². The number of carbonyl (C=O) groups excluding carboxylic acids is 1. The van der Waals surface area contributed by atoms with Gasteiger partial charge in [0.2, 0.25) is 0 Å². The Hall–Kier alpha value is -2.20. The molecule has 0 saturated carbocycles. The Morgan fingerprint density at radius 2 is 1.94 bits per heavy atom. The average molecular weight is 465 g/mol. The number of carbonyl (C=O) groups is 1. The predicted molar refractivity (Wildman–Crippen MR) is 123 cm³/mol. The molecule has 1 unspecified atom stereocenters. The molecule has 0 bridgehead atoms. The fourth-order valence-electron chi connectivity index (χ4n) is 3.64. The molecule has 0 spiro atoms. The van der Waals surface area contributed by atoms with Crippen LogP contribution in [0.5, 0.6) is 5.75 Å². The highest BCUT2D eigenvalue weighted by atomic mass is 32.2. The van der Waals surface area contributed by atoms with Crippen LogP contribution in [0.1, 0.15) is 25.3 Å². The van der Waals surface area contributed by atoms with Crippen LogP contribution in [-0.4, -0.2) is 62.2 Å². The van der Waals surface area contributed by atoms with Gasteiger partial charge in [-0.25, -0.2) is 13.9 Å². The lowest BCUT2D eigenvalue weighted by molar-refractivity contribution is -0.131. The first kappa shape index (κ1) is 23.5. The third-order valence-electron chi connectivity index (χ3n) is 5.97. The first-order valence-electron chi connectivity index (χ1n) is 9.97. The van der Waals surface area contributed by atoms with Gasteiger partial charge in [-0.1, -0.05) is 30.3 Å². The number of hydrogen-bond donors (Lipinski definition) is 2. The van der Waals surface area contributed by atoms with E-state index in [1.165, 1.54) is 23.5 Å². The summed E-state index contributed by atoms with van der Waals surface area (Å²) in [7, 11) is -2.01. The summed E-state index contributed by atoms with van der Waals surface area (Å²) in [5, 5.41) is 11.0. The van der Waals surface area contributed by atoms with Gasteiger partial charge in [0, 0.05) is 25.9 Å². The average Bonchev–Trinajstić information content (AvgIpc) is 3.25. The van der Waals surface area contributed by atoms with Crippen LogP contribution in [0, 0.1) is 0 Å². The van der Waals surface area contributed by atoms with Gasteiger partial charge in [0.05, 0.1) is 12.0 Å². The van der Waals surface area contributed by atoms with Gasteiger partial charge in [0.25, 0.3) is 5.91 Å². The zero-order valence-corrected chi connectivity index (χ0v) is 19.6. The topological polar surface area (TPSA) is 95.9 Å². The molecular weight excluding hydrogens is 436 g/mol. The normalized spacial score (nSPS) is 17.0. The zero-order valence-electron chi connectivity index (χ0n) is 17.9. The fourth-order valence-corrected chi connectivity index (χ4v) is 5.35. The largest absolute Gasteiger partial charge is 0.495 e. The summed E-state index contributed by atoms with van der Waals surface area (Å²) < 4.78 is 28.0. The Balaban J connectivity index is 1.64. The van der Waals surface area contributed by atoms with Crippen molar-refractivity contribution in [2.24, 2.45) is 0 Å². The molecule has 0 aliphatic carbocycles. The molecule has 2 N–H and O–H groups in total. The quantitative estimate of drug-likeness (QED) is 0.460. The van der Waals surface area contributed by atoms with Gasteiger partial charge in [0.1, 0.15) is 5.75 Å². The number of benzene rings is 1. The lowest BCUT2D eigenvalue weighted by Crippen LogP contribution is -2.51. The highest BCUT2D eigenvalue weighted by molar-refractivity contribution is 7.92. The van der Waals surface area contributed by atoms with Crippen molar-refractivity contribution in [1.29, 1.82) is 0 Å². The highest BCUT2D eigenvalue weighted by Crippen LogP contribution is 2.36. The molecule has 31 heavy (non-hydrogen) atoms. The number of amides is 1. The first-order valence-corrected chi connectivity index (χ1v) is 12.7. The maximum atomic E-state index is 12.1. The fraction of sp³-hybridized carbons (Fsp3) is 0.409. The van der Waals surface area contributed by atoms with Crippen LogP contribution < -0.4 is 10.2 Å². The molecule has 1 aliphatic heterocycles. The van der Waals surface area contributed by atoms with Crippen molar-refractivity contribution in [3.05, 3.63) is 47.4 Å². The summed E-state index contributed by atoms with van der Waals surface area (Å²) in [5.74, 6) is -0.0213. The van der Waals surface area contributed by atoms with Gasteiger partial charge >= 0.3 is 0 Å². The van der Waals surface area contributed by atoms with Crippen LogP contribution in [0.3, 0.4) is 0 Å². The molecule has 1 atom stereocenters. The van der Waals surface area contributed by atoms with Crippen LogP contribution in [0.4, 0.5) is 0 Å². The van der Waals surface area contributed by atoms with E-state index in [1.807, 2.05) is 11.4 Å². The van der Waals surface area contributed by atoms with Crippen molar-refractivity contribution in [2.75, 3.05) is 33.0 Å². The zero-order chi connectivity index (χ0) is 22.6. The molecule has 7 nitrogen and oxygen atoms in total. The Bertz CT molecular complexity index is 1060. The van der Waals surface area contributed by atoms with Crippen molar-refractivity contribution in [2.45, 2.75) is 24.5 Å². The number of methoxy groups -OCH3 is 1. The van der Waals surface area contributed by atoms with E-state index in [-0.39, 0.29) is 6.42 Å². The number of sulfone groups is 1. The second-order valence-electron chi connectivity index (χ2n) is 7.87. The SMILES string of the molecule is COc1ccsc1-c1ccc(C2=CCN(CCC(C)(C(=O)NO)S(C)(=O)=O)CC2)cc1. The molecule has 9 heteroatoms. The predicted octanol–water partition coefficient (Wildman–Crippen LogP) is 3.21. The lowest BCUT2D eigenvalue weighted by Gasteiger charge is -2.31. The van der Waals surface area contributed by atoms with Crippen LogP contribution >= 0.6 is 11.3 Å². The summed E-state index contributed by atoms with van der Waals surface area (Å²) >= 11 is 1.65. The third-order valence-corrected chi connectivity index (χ3v) is 8.94. The van der Waals surface area contributed by atoms with Crippen molar-refractivity contribution in [3.63, 3.8) is 0 Å². The minimum atomic E-state index is -3.68. The molecule has 1 amide bonds. The second-order valence-corrected chi connectivity index (χ2v) is 11.2. The number of nitrogens with one attached hydrogen (secondary N) is 1. The summed E-state index contributed by atoms with van der Waals surface area (Å²) in [6, 6.07) is 10.4. The maximum absolute atomic E-state index is 12.1. The summed E-state index contributed by atoms with van der Waals surface area (Å²) in [6.07, 6.45) is 4.11. The lowest BCUT2D eigenvalue weighted by atomic mass is 9.97. The van der Waals surface area contributed by atoms with E-state index in [1.54, 1.807) is 18.4 Å². The van der Waals surface area contributed by atoms with Gasteiger partial charge in [-0.2, -0.15) is 0 Å². The van der Waals surface area contributed by atoms with Crippen LogP contribution in [0.2, 0.25) is 0 Å². The van der Waals surface area contributed by atoms with Gasteiger partial charge < -0.3 is 4.74 Å². The maximum Gasteiger partial charge on any atom is 0.264 e. The highest BCUT2D eigenvalue weighted by Gasteiger charge is 2.43. The Morgan fingerprint density at radius 3 is 2.48 bits per heavy atom. The molecule has 168 valence electrons. The Labute approximate surface area is 187 Å². The molecule has 1 aromatic carbocycles. The van der Waals surface area contributed by atoms with Crippen LogP contribution in [0.25, 0.3) is 16.0 Å². The van der Waals surface area contributed by atoms with Gasteiger partial charge in [-0.05, 0) is 47.9 Å². The molecular formula is C22H28N2O5S2. The van der Waals surface area contributed by atoms with E-state index in [2.05, 4.69) is 35.2 Å². The second kappa shape index (κ2) is 9.52. The number of ether oxygens (including phenoxy) is 1. The van der Waals surface area contributed by atoms with Crippen LogP contribution in [0.15, 0.2) is 41.8 Å². The van der Waals surface area contributed by atoms with Crippen molar-refractivity contribution in [1.82, 2.24) is 10.4 Å². The van der Waals surface area contributed by atoms with Crippen molar-refractivity contribution in [3.8, 4) is 16.2 Å². The van der Waals surface area contributed by atoms with E-state index in [9.17, 15) is 13.2 Å². The van der Waals surface area contributed by atoms with Gasteiger partial charge in [0.15, 0.2) is 14.6 Å². The summed E-state index contributed by atoms with van der Waals surface area (Å²) in [5.41, 5.74) is 5.03. The summed E-state index contributed by atoms with van der Waals surface area (Å²) in [6.45, 7) is 3.24. The van der Waals surface area contributed by atoms with E-state index >= 15 is 0 Å². The number of rotatable bonds is 8. The monoisotopic (exact) mass is 464 g/mol. The molecule has 2 aromatic rings. The smallest absolute Gasteiger partial charge is 0.264 e. The molecule has 0 saturated heterocycles. The molecule has 1 aromatic heterocycles.